The molecule has 298 valence electrons. The molecule has 1 saturated carbocycles. The Hall–Kier alpha value is -5.71. The van der Waals surface area contributed by atoms with Crippen LogP contribution in [0, 0.1) is 17.3 Å². The maximum atomic E-state index is 15.0. The molecule has 4 aromatic rings. The predicted molar refractivity (Wildman–Crippen MR) is 217 cm³/mol. The van der Waals surface area contributed by atoms with Gasteiger partial charge in [-0.1, -0.05) is 81.4 Å². The van der Waals surface area contributed by atoms with Crippen molar-refractivity contribution in [3.05, 3.63) is 103 Å². The van der Waals surface area contributed by atoms with Crippen LogP contribution < -0.4 is 14.8 Å². The van der Waals surface area contributed by atoms with Gasteiger partial charge in [-0.15, -0.1) is 6.58 Å². The van der Waals surface area contributed by atoms with Gasteiger partial charge in [0.2, 0.25) is 17.7 Å². The predicted octanol–water partition coefficient (Wildman–Crippen LogP) is 6.52. The number of rotatable bonds is 12. The van der Waals surface area contributed by atoms with E-state index in [2.05, 4.69) is 18.0 Å². The molecule has 2 aliphatic heterocycles. The Morgan fingerprint density at radius 3 is 2.44 bits per heavy atom. The van der Waals surface area contributed by atoms with Gasteiger partial charge in [0.15, 0.2) is 0 Å². The summed E-state index contributed by atoms with van der Waals surface area (Å²) in [5, 5.41) is 3.73. The van der Waals surface area contributed by atoms with E-state index in [4.69, 9.17) is 19.2 Å². The highest BCUT2D eigenvalue weighted by Gasteiger charge is 2.62. The Kier molecular flexibility index (Phi) is 11.1. The molecule has 57 heavy (non-hydrogen) atoms. The maximum absolute atomic E-state index is 15.0. The lowest BCUT2D eigenvalue weighted by Gasteiger charge is -2.37. The van der Waals surface area contributed by atoms with Gasteiger partial charge in [-0.3, -0.25) is 14.4 Å². The average Bonchev–Trinajstić information content (AvgIpc) is 3.77. The molecular weight excluding hydrogens is 721 g/mol. The fourth-order valence-corrected chi connectivity index (χ4v) is 8.25. The van der Waals surface area contributed by atoms with Crippen molar-refractivity contribution < 1.29 is 33.4 Å². The molecular formula is C46H52N4O7. The number of hydrogen-bond acceptors (Lipinski definition) is 8. The molecule has 1 aromatic heterocycles. The summed E-state index contributed by atoms with van der Waals surface area (Å²) in [6.45, 7) is 12.7. The normalized spacial score (nSPS) is 21.9. The average molecular weight is 773 g/mol. The molecule has 3 unspecified atom stereocenters. The molecule has 11 nitrogen and oxygen atoms in total. The molecule has 1 N–H and O–H groups in total. The highest BCUT2D eigenvalue weighted by molar-refractivity contribution is 5.96. The van der Waals surface area contributed by atoms with E-state index in [-0.39, 0.29) is 43.7 Å². The van der Waals surface area contributed by atoms with Crippen LogP contribution in [-0.2, 0) is 36.9 Å². The molecule has 0 bridgehead atoms. The lowest BCUT2D eigenvalue weighted by Crippen LogP contribution is -2.55. The van der Waals surface area contributed by atoms with Gasteiger partial charge in [0.1, 0.15) is 29.2 Å². The smallest absolute Gasteiger partial charge is 0.332 e. The van der Waals surface area contributed by atoms with E-state index < -0.39 is 40.9 Å². The number of amides is 3. The lowest BCUT2D eigenvalue weighted by molar-refractivity contribution is -0.151. The van der Waals surface area contributed by atoms with E-state index in [1.165, 1.54) is 5.56 Å². The fraction of sp³-hybridized carbons (Fsp3) is 0.413. The largest absolute Gasteiger partial charge is 0.497 e. The highest BCUT2D eigenvalue weighted by atomic mass is 16.5. The molecule has 3 aromatic carbocycles. The number of methoxy groups -OCH3 is 1. The molecule has 2 fully saturated rings. The molecule has 5 atom stereocenters. The summed E-state index contributed by atoms with van der Waals surface area (Å²) in [5.74, 6) is -1.27. The van der Waals surface area contributed by atoms with Crippen molar-refractivity contribution in [3.8, 4) is 22.8 Å². The van der Waals surface area contributed by atoms with Crippen LogP contribution in [0.2, 0.25) is 0 Å². The van der Waals surface area contributed by atoms with Gasteiger partial charge in [0.25, 0.3) is 0 Å². The van der Waals surface area contributed by atoms with Gasteiger partial charge in [0, 0.05) is 54.9 Å². The number of nitrogens with one attached hydrogen (secondary N) is 1. The van der Waals surface area contributed by atoms with E-state index in [1.807, 2.05) is 98.5 Å². The number of hydrogen-bond donors (Lipinski definition) is 1. The number of benzene rings is 3. The van der Waals surface area contributed by atoms with Crippen molar-refractivity contribution in [2.45, 2.75) is 77.6 Å². The monoisotopic (exact) mass is 772 g/mol. The van der Waals surface area contributed by atoms with Crippen molar-refractivity contribution in [1.29, 1.82) is 0 Å². The van der Waals surface area contributed by atoms with Crippen molar-refractivity contribution in [3.63, 3.8) is 0 Å². The van der Waals surface area contributed by atoms with Crippen LogP contribution in [0.25, 0.3) is 22.2 Å². The molecule has 3 amide bonds. The van der Waals surface area contributed by atoms with Crippen molar-refractivity contribution in [2.24, 2.45) is 17.3 Å². The first-order valence-corrected chi connectivity index (χ1v) is 19.8. The second-order valence-corrected chi connectivity index (χ2v) is 16.4. The maximum Gasteiger partial charge on any atom is 0.332 e. The van der Waals surface area contributed by atoms with Crippen LogP contribution in [0.15, 0.2) is 91.5 Å². The number of nitrogens with zero attached hydrogens (tertiary/aromatic N) is 3. The summed E-state index contributed by atoms with van der Waals surface area (Å²) >= 11 is 0. The van der Waals surface area contributed by atoms with E-state index in [0.29, 0.717) is 42.2 Å². The van der Waals surface area contributed by atoms with Gasteiger partial charge < -0.3 is 29.3 Å². The fourth-order valence-electron chi connectivity index (χ4n) is 8.25. The Labute approximate surface area is 334 Å². The van der Waals surface area contributed by atoms with Crippen molar-refractivity contribution >= 4 is 34.6 Å². The Bertz CT molecular complexity index is 2180. The zero-order valence-electron chi connectivity index (χ0n) is 33.5. The van der Waals surface area contributed by atoms with E-state index in [1.54, 1.807) is 25.0 Å². The number of fused-ring (bicyclic) bond motifs is 2. The first-order chi connectivity index (χ1) is 27.3. The Morgan fingerprint density at radius 2 is 1.75 bits per heavy atom. The molecule has 7 rings (SSSR count). The third-order valence-electron chi connectivity index (χ3n) is 11.7. The Morgan fingerprint density at radius 1 is 1.02 bits per heavy atom. The number of likely N-dealkylation sites (tertiary alicyclic amines) is 1. The summed E-state index contributed by atoms with van der Waals surface area (Å²) < 4.78 is 17.7. The summed E-state index contributed by atoms with van der Waals surface area (Å²) in [4.78, 5) is 65.0. The number of ether oxygens (including phenoxy) is 3. The van der Waals surface area contributed by atoms with E-state index in [9.17, 15) is 19.2 Å². The third-order valence-corrected chi connectivity index (χ3v) is 11.7. The summed E-state index contributed by atoms with van der Waals surface area (Å²) in [6, 6.07) is 24.4. The quantitative estimate of drug-likeness (QED) is 0.128. The van der Waals surface area contributed by atoms with Crippen molar-refractivity contribution in [1.82, 2.24) is 20.1 Å². The second kappa shape index (κ2) is 16.0. The minimum atomic E-state index is -1.25. The summed E-state index contributed by atoms with van der Waals surface area (Å²) in [6.07, 6.45) is 2.29. The SMILES string of the molecule is C=CC1CC1(NC(=O)[C@@H]1C[C@@H](Oc2cc(-c3ccccc3)nc3cc(OC)ccc23)CN1C(=O)C(CC(=O)N1CCc2ccccc2C1)C(C)(C)C)C(=O)OCC. The molecule has 3 aliphatic rings. The lowest BCUT2D eigenvalue weighted by atomic mass is 9.77. The molecule has 3 heterocycles. The summed E-state index contributed by atoms with van der Waals surface area (Å²) in [7, 11) is 1.60. The van der Waals surface area contributed by atoms with Gasteiger partial charge >= 0.3 is 5.97 Å². The molecule has 11 heteroatoms. The minimum Gasteiger partial charge on any atom is -0.497 e. The van der Waals surface area contributed by atoms with Crippen LogP contribution in [0.1, 0.15) is 58.1 Å². The minimum absolute atomic E-state index is 0.0105. The van der Waals surface area contributed by atoms with E-state index >= 15 is 0 Å². The van der Waals surface area contributed by atoms with Crippen LogP contribution in [0.5, 0.6) is 11.5 Å². The van der Waals surface area contributed by atoms with Gasteiger partial charge in [0.05, 0.1) is 37.4 Å². The summed E-state index contributed by atoms with van der Waals surface area (Å²) in [5.41, 5.74) is 2.72. The topological polar surface area (TPSA) is 127 Å². The van der Waals surface area contributed by atoms with Gasteiger partial charge in [-0.25, -0.2) is 9.78 Å². The van der Waals surface area contributed by atoms with Crippen LogP contribution in [0.3, 0.4) is 0 Å². The molecule has 1 aliphatic carbocycles. The number of pyridine rings is 1. The number of aromatic nitrogens is 1. The van der Waals surface area contributed by atoms with Crippen molar-refractivity contribution in [2.75, 3.05) is 26.8 Å². The van der Waals surface area contributed by atoms with Gasteiger partial charge in [-0.05, 0) is 48.4 Å². The third kappa shape index (κ3) is 8.10. The van der Waals surface area contributed by atoms with E-state index in [0.717, 1.165) is 22.9 Å². The standard InChI is InChI=1S/C46H52N4O7/c1-7-32-26-46(32,44(54)56-8-2)48-42(52)39-23-34(57-40-25-37(30-15-10-9-11-16-30)47-38-22-33(55-6)18-19-35(38)40)28-50(39)43(53)36(45(3,4)5)24-41(51)49-21-20-29-14-12-13-17-31(29)27-49/h7,9-19,22,25,32,34,36,39H,1,8,20-21,23-24,26-28H2,2-6H3,(H,48,52)/t32?,34-,36?,39+,46?/m1/s1. The second-order valence-electron chi connectivity index (χ2n) is 16.4. The first-order valence-electron chi connectivity index (χ1n) is 19.8. The number of esters is 1. The van der Waals surface area contributed by atoms with Crippen LogP contribution >= 0.6 is 0 Å². The zero-order valence-corrected chi connectivity index (χ0v) is 33.5. The van der Waals surface area contributed by atoms with Crippen LogP contribution in [0.4, 0.5) is 0 Å². The zero-order chi connectivity index (χ0) is 40.5. The number of carbonyl (C=O) groups excluding carboxylic acids is 4. The van der Waals surface area contributed by atoms with Crippen LogP contribution in [-0.4, -0.2) is 83.0 Å². The number of carbonyl (C=O) groups is 4. The first kappa shape index (κ1) is 39.5. The molecule has 0 spiro atoms. The highest BCUT2D eigenvalue weighted by Crippen LogP contribution is 2.46. The molecule has 0 radical (unpaired) electrons. The molecule has 1 saturated heterocycles. The van der Waals surface area contributed by atoms with Gasteiger partial charge in [-0.2, -0.15) is 0 Å². The Balaban J connectivity index is 1.20.